The Balaban J connectivity index is 0.00000261. The molecule has 1 aliphatic heterocycles. The Hall–Kier alpha value is -1.02. The predicted molar refractivity (Wildman–Crippen MR) is 123 cm³/mol. The average Bonchev–Trinajstić information content (AvgIpc) is 3.21. The molecule has 1 aliphatic carbocycles. The molecule has 0 amide bonds. The number of nitrogens with one attached hydrogen (secondary N) is 2. The molecular weight excluding hydrogens is 451 g/mol. The number of aliphatic imine (C=N–C) groups is 1. The van der Waals surface area contributed by atoms with Crippen LogP contribution < -0.4 is 15.4 Å². The van der Waals surface area contributed by atoms with Crippen molar-refractivity contribution in [1.29, 1.82) is 0 Å². The molecule has 2 aliphatic rings. The van der Waals surface area contributed by atoms with Gasteiger partial charge in [-0.15, -0.1) is 24.0 Å². The van der Waals surface area contributed by atoms with Crippen molar-refractivity contribution in [2.24, 2.45) is 4.99 Å². The van der Waals surface area contributed by atoms with E-state index in [4.69, 9.17) is 4.74 Å². The van der Waals surface area contributed by atoms with Gasteiger partial charge < -0.3 is 20.3 Å². The van der Waals surface area contributed by atoms with E-state index in [-0.39, 0.29) is 30.1 Å². The van der Waals surface area contributed by atoms with Crippen molar-refractivity contribution in [1.82, 2.24) is 15.5 Å². The van der Waals surface area contributed by atoms with E-state index >= 15 is 0 Å². The van der Waals surface area contributed by atoms with E-state index in [1.165, 1.54) is 51.6 Å². The molecule has 2 fully saturated rings. The molecule has 5 nitrogen and oxygen atoms in total. The van der Waals surface area contributed by atoms with Crippen molar-refractivity contribution in [3.8, 4) is 5.75 Å². The van der Waals surface area contributed by atoms with E-state index in [0.29, 0.717) is 6.04 Å². The maximum absolute atomic E-state index is 5.92. The number of para-hydroxylation sites is 1. The summed E-state index contributed by atoms with van der Waals surface area (Å²) < 4.78 is 5.92. The van der Waals surface area contributed by atoms with E-state index < -0.39 is 0 Å². The summed E-state index contributed by atoms with van der Waals surface area (Å²) in [6, 6.07) is 11.3. The third-order valence-corrected chi connectivity index (χ3v) is 5.57. The minimum atomic E-state index is 0. The number of hydrogen-bond acceptors (Lipinski definition) is 3. The van der Waals surface area contributed by atoms with Gasteiger partial charge in [-0.3, -0.25) is 4.99 Å². The molecule has 1 heterocycles. The zero-order valence-corrected chi connectivity index (χ0v) is 19.0. The average molecular weight is 486 g/mol. The fourth-order valence-corrected chi connectivity index (χ4v) is 4.08. The number of guanidine groups is 1. The monoisotopic (exact) mass is 486 g/mol. The predicted octanol–water partition coefficient (Wildman–Crippen LogP) is 3.64. The van der Waals surface area contributed by atoms with Crippen molar-refractivity contribution < 1.29 is 4.74 Å². The standard InChI is InChI=1S/C21H34N4O.HI/c1-17(26-20-10-4-3-5-11-20)16-23-21(22-2)24-18-12-14-25(15-13-18)19-8-6-7-9-19;/h3-5,10-11,17-19H,6-9,12-16H2,1-2H3,(H2,22,23,24);1H. The number of piperidine rings is 1. The van der Waals surface area contributed by atoms with Gasteiger partial charge in [-0.2, -0.15) is 0 Å². The van der Waals surface area contributed by atoms with Crippen molar-refractivity contribution in [3.05, 3.63) is 30.3 Å². The largest absolute Gasteiger partial charge is 0.489 e. The van der Waals surface area contributed by atoms with Crippen LogP contribution in [0.1, 0.15) is 45.4 Å². The molecule has 6 heteroatoms. The number of halogens is 1. The minimum absolute atomic E-state index is 0. The van der Waals surface area contributed by atoms with Gasteiger partial charge in [0.15, 0.2) is 5.96 Å². The van der Waals surface area contributed by atoms with Crippen LogP contribution in [-0.4, -0.2) is 55.7 Å². The molecule has 1 unspecified atom stereocenters. The number of ether oxygens (including phenoxy) is 1. The van der Waals surface area contributed by atoms with Gasteiger partial charge in [0, 0.05) is 32.2 Å². The Morgan fingerprint density at radius 3 is 2.44 bits per heavy atom. The number of benzene rings is 1. The normalized spacial score (nSPS) is 20.7. The first kappa shape index (κ1) is 22.3. The quantitative estimate of drug-likeness (QED) is 0.366. The van der Waals surface area contributed by atoms with Crippen molar-refractivity contribution in [3.63, 3.8) is 0 Å². The molecule has 0 aromatic heterocycles. The number of rotatable bonds is 6. The molecule has 1 aromatic carbocycles. The highest BCUT2D eigenvalue weighted by Crippen LogP contribution is 2.26. The van der Waals surface area contributed by atoms with E-state index in [9.17, 15) is 0 Å². The molecule has 3 rings (SSSR count). The van der Waals surface area contributed by atoms with Crippen LogP contribution in [0, 0.1) is 0 Å². The molecule has 2 N–H and O–H groups in total. The van der Waals surface area contributed by atoms with Crippen molar-refractivity contribution in [2.45, 2.75) is 63.6 Å². The third kappa shape index (κ3) is 7.14. The lowest BCUT2D eigenvalue weighted by Crippen LogP contribution is -2.51. The Bertz CT molecular complexity index is 555. The first-order valence-electron chi connectivity index (χ1n) is 10.2. The second-order valence-corrected chi connectivity index (χ2v) is 7.59. The van der Waals surface area contributed by atoms with Gasteiger partial charge in [0.05, 0.1) is 6.54 Å². The highest BCUT2D eigenvalue weighted by Gasteiger charge is 2.27. The third-order valence-electron chi connectivity index (χ3n) is 5.57. The number of likely N-dealkylation sites (tertiary alicyclic amines) is 1. The van der Waals surface area contributed by atoms with Crippen molar-refractivity contribution >= 4 is 29.9 Å². The SMILES string of the molecule is CN=C(NCC(C)Oc1ccccc1)NC1CCN(C2CCCC2)CC1.I. The summed E-state index contributed by atoms with van der Waals surface area (Å²) in [5.41, 5.74) is 0. The van der Waals surface area contributed by atoms with Gasteiger partial charge in [-0.1, -0.05) is 31.0 Å². The smallest absolute Gasteiger partial charge is 0.191 e. The summed E-state index contributed by atoms with van der Waals surface area (Å²) in [5.74, 6) is 1.79. The minimum Gasteiger partial charge on any atom is -0.489 e. The maximum Gasteiger partial charge on any atom is 0.191 e. The lowest BCUT2D eigenvalue weighted by atomic mass is 10.0. The van der Waals surface area contributed by atoms with Gasteiger partial charge in [-0.25, -0.2) is 0 Å². The van der Waals surface area contributed by atoms with Crippen LogP contribution in [0.15, 0.2) is 35.3 Å². The second kappa shape index (κ2) is 11.7. The van der Waals surface area contributed by atoms with Crippen LogP contribution in [0.2, 0.25) is 0 Å². The Morgan fingerprint density at radius 1 is 1.15 bits per heavy atom. The van der Waals surface area contributed by atoms with Crippen LogP contribution in [0.3, 0.4) is 0 Å². The van der Waals surface area contributed by atoms with Gasteiger partial charge in [0.25, 0.3) is 0 Å². The van der Waals surface area contributed by atoms with Crippen LogP contribution in [0.4, 0.5) is 0 Å². The van der Waals surface area contributed by atoms with Crippen LogP contribution in [0.5, 0.6) is 5.75 Å². The van der Waals surface area contributed by atoms with Crippen molar-refractivity contribution in [2.75, 3.05) is 26.7 Å². The molecule has 27 heavy (non-hydrogen) atoms. The summed E-state index contributed by atoms with van der Waals surface area (Å²) in [4.78, 5) is 7.09. The Morgan fingerprint density at radius 2 is 1.81 bits per heavy atom. The van der Waals surface area contributed by atoms with Gasteiger partial charge >= 0.3 is 0 Å². The highest BCUT2D eigenvalue weighted by molar-refractivity contribution is 14.0. The fraction of sp³-hybridized carbons (Fsp3) is 0.667. The summed E-state index contributed by atoms with van der Waals surface area (Å²) in [6.07, 6.45) is 8.13. The van der Waals surface area contributed by atoms with E-state index in [0.717, 1.165) is 24.3 Å². The highest BCUT2D eigenvalue weighted by atomic mass is 127. The van der Waals surface area contributed by atoms with E-state index in [1.54, 1.807) is 0 Å². The van der Waals surface area contributed by atoms with E-state index in [2.05, 4.69) is 27.4 Å². The molecule has 152 valence electrons. The Labute approximate surface area is 181 Å². The first-order valence-corrected chi connectivity index (χ1v) is 10.2. The fourth-order valence-electron chi connectivity index (χ4n) is 4.08. The Kier molecular flexibility index (Phi) is 9.68. The lowest BCUT2D eigenvalue weighted by molar-refractivity contribution is 0.150. The molecule has 1 atom stereocenters. The second-order valence-electron chi connectivity index (χ2n) is 7.59. The first-order chi connectivity index (χ1) is 12.7. The topological polar surface area (TPSA) is 48.9 Å². The molecular formula is C21H35IN4O. The number of hydrogen-bond donors (Lipinski definition) is 2. The summed E-state index contributed by atoms with van der Waals surface area (Å²) in [6.45, 7) is 5.24. The number of nitrogens with zero attached hydrogens (tertiary/aromatic N) is 2. The van der Waals surface area contributed by atoms with Gasteiger partial charge in [0.2, 0.25) is 0 Å². The van der Waals surface area contributed by atoms with Gasteiger partial charge in [0.1, 0.15) is 11.9 Å². The van der Waals surface area contributed by atoms with Crippen LogP contribution in [0.25, 0.3) is 0 Å². The molecule has 0 radical (unpaired) electrons. The molecule has 1 aromatic rings. The van der Waals surface area contributed by atoms with Crippen LogP contribution >= 0.6 is 24.0 Å². The molecule has 0 spiro atoms. The zero-order valence-electron chi connectivity index (χ0n) is 16.7. The van der Waals surface area contributed by atoms with Gasteiger partial charge in [-0.05, 0) is 44.7 Å². The molecule has 0 bridgehead atoms. The van der Waals surface area contributed by atoms with E-state index in [1.807, 2.05) is 37.4 Å². The molecule has 1 saturated carbocycles. The summed E-state index contributed by atoms with van der Waals surface area (Å²) in [5, 5.41) is 7.00. The molecule has 1 saturated heterocycles. The summed E-state index contributed by atoms with van der Waals surface area (Å²) in [7, 11) is 1.84. The van der Waals surface area contributed by atoms with Crippen LogP contribution in [-0.2, 0) is 0 Å². The zero-order chi connectivity index (χ0) is 18.2. The lowest BCUT2D eigenvalue weighted by Gasteiger charge is -2.36. The maximum atomic E-state index is 5.92. The summed E-state index contributed by atoms with van der Waals surface area (Å²) >= 11 is 0.